The van der Waals surface area contributed by atoms with Gasteiger partial charge in [0.25, 0.3) is 0 Å². The predicted molar refractivity (Wildman–Crippen MR) is 65.1 cm³/mol. The molecule has 16 heavy (non-hydrogen) atoms. The molecule has 2 N–H and O–H groups in total. The number of rotatable bonds is 2. The SMILES string of the molecule is CS(=O)(=O)C1CCCC(N2CCC(N)C2)C1. The summed E-state index contributed by atoms with van der Waals surface area (Å²) >= 11 is 0. The van der Waals surface area contributed by atoms with Gasteiger partial charge in [0, 0.05) is 31.4 Å². The molecule has 0 aromatic rings. The molecular weight excluding hydrogens is 224 g/mol. The highest BCUT2D eigenvalue weighted by atomic mass is 32.2. The maximum absolute atomic E-state index is 11.6. The van der Waals surface area contributed by atoms with E-state index in [2.05, 4.69) is 4.90 Å². The Kier molecular flexibility index (Phi) is 3.56. The number of sulfone groups is 1. The molecule has 0 amide bonds. The molecule has 2 aliphatic rings. The van der Waals surface area contributed by atoms with Crippen LogP contribution in [0.15, 0.2) is 0 Å². The molecule has 5 heteroatoms. The van der Waals surface area contributed by atoms with Crippen molar-refractivity contribution in [2.24, 2.45) is 5.73 Å². The van der Waals surface area contributed by atoms with Crippen molar-refractivity contribution in [3.05, 3.63) is 0 Å². The summed E-state index contributed by atoms with van der Waals surface area (Å²) in [5.74, 6) is 0. The van der Waals surface area contributed by atoms with Gasteiger partial charge in [-0.1, -0.05) is 6.42 Å². The average molecular weight is 246 g/mol. The Morgan fingerprint density at radius 1 is 1.25 bits per heavy atom. The molecule has 0 spiro atoms. The molecule has 0 bridgehead atoms. The lowest BCUT2D eigenvalue weighted by molar-refractivity contribution is 0.190. The molecule has 1 heterocycles. The van der Waals surface area contributed by atoms with Crippen LogP contribution in [0.4, 0.5) is 0 Å². The minimum absolute atomic E-state index is 0.122. The minimum Gasteiger partial charge on any atom is -0.326 e. The molecule has 1 saturated carbocycles. The predicted octanol–water partition coefficient (Wildman–Crippen LogP) is 0.375. The Labute approximate surface area is 98.1 Å². The maximum atomic E-state index is 11.6. The molecule has 3 atom stereocenters. The molecule has 1 saturated heterocycles. The first-order valence-electron chi connectivity index (χ1n) is 6.15. The third kappa shape index (κ3) is 2.76. The van der Waals surface area contributed by atoms with E-state index >= 15 is 0 Å². The molecule has 4 nitrogen and oxygen atoms in total. The van der Waals surface area contributed by atoms with Gasteiger partial charge in [0.15, 0.2) is 0 Å². The highest BCUT2D eigenvalue weighted by Crippen LogP contribution is 2.29. The molecule has 94 valence electrons. The van der Waals surface area contributed by atoms with Crippen LogP contribution in [-0.4, -0.2) is 50.0 Å². The lowest BCUT2D eigenvalue weighted by atomic mass is 9.94. The van der Waals surface area contributed by atoms with Gasteiger partial charge >= 0.3 is 0 Å². The van der Waals surface area contributed by atoms with E-state index in [4.69, 9.17) is 5.73 Å². The van der Waals surface area contributed by atoms with E-state index in [0.29, 0.717) is 12.1 Å². The van der Waals surface area contributed by atoms with Crippen molar-refractivity contribution in [3.8, 4) is 0 Å². The van der Waals surface area contributed by atoms with Crippen LogP contribution >= 0.6 is 0 Å². The quantitative estimate of drug-likeness (QED) is 0.765. The fourth-order valence-corrected chi connectivity index (χ4v) is 4.15. The lowest BCUT2D eigenvalue weighted by Gasteiger charge is -2.34. The van der Waals surface area contributed by atoms with E-state index in [9.17, 15) is 8.42 Å². The van der Waals surface area contributed by atoms with E-state index in [0.717, 1.165) is 45.2 Å². The molecule has 3 unspecified atom stereocenters. The second kappa shape index (κ2) is 4.63. The van der Waals surface area contributed by atoms with Crippen LogP contribution in [0.2, 0.25) is 0 Å². The lowest BCUT2D eigenvalue weighted by Crippen LogP contribution is -2.41. The summed E-state index contributed by atoms with van der Waals surface area (Å²) in [4.78, 5) is 2.39. The zero-order valence-corrected chi connectivity index (χ0v) is 10.7. The number of likely N-dealkylation sites (tertiary alicyclic amines) is 1. The fourth-order valence-electron chi connectivity index (χ4n) is 2.99. The van der Waals surface area contributed by atoms with Crippen molar-refractivity contribution >= 4 is 9.84 Å². The zero-order chi connectivity index (χ0) is 11.8. The average Bonchev–Trinajstić information content (AvgIpc) is 2.64. The molecule has 0 radical (unpaired) electrons. The Morgan fingerprint density at radius 2 is 2.00 bits per heavy atom. The van der Waals surface area contributed by atoms with Crippen molar-refractivity contribution in [1.29, 1.82) is 0 Å². The van der Waals surface area contributed by atoms with E-state index in [1.807, 2.05) is 0 Å². The smallest absolute Gasteiger partial charge is 0.150 e. The first kappa shape index (κ1) is 12.3. The van der Waals surface area contributed by atoms with E-state index < -0.39 is 9.84 Å². The summed E-state index contributed by atoms with van der Waals surface area (Å²) in [6.07, 6.45) is 6.25. The number of nitrogens with two attached hydrogens (primary N) is 1. The highest BCUT2D eigenvalue weighted by molar-refractivity contribution is 7.91. The molecule has 2 rings (SSSR count). The third-order valence-corrected chi connectivity index (χ3v) is 5.62. The van der Waals surface area contributed by atoms with Gasteiger partial charge in [0.2, 0.25) is 0 Å². The third-order valence-electron chi connectivity index (χ3n) is 3.98. The van der Waals surface area contributed by atoms with Gasteiger partial charge in [-0.05, 0) is 25.7 Å². The number of nitrogens with zero attached hydrogens (tertiary/aromatic N) is 1. The van der Waals surface area contributed by atoms with Gasteiger partial charge in [-0.2, -0.15) is 0 Å². The van der Waals surface area contributed by atoms with Gasteiger partial charge in [-0.25, -0.2) is 8.42 Å². The van der Waals surface area contributed by atoms with Crippen molar-refractivity contribution < 1.29 is 8.42 Å². The topological polar surface area (TPSA) is 63.4 Å². The first-order chi connectivity index (χ1) is 7.47. The minimum atomic E-state index is -2.86. The molecule has 1 aliphatic heterocycles. The van der Waals surface area contributed by atoms with Gasteiger partial charge in [0.1, 0.15) is 9.84 Å². The second-order valence-corrected chi connectivity index (χ2v) is 7.64. The fraction of sp³-hybridized carbons (Fsp3) is 1.00. The Balaban J connectivity index is 1.97. The maximum Gasteiger partial charge on any atom is 0.150 e. The van der Waals surface area contributed by atoms with E-state index in [-0.39, 0.29) is 5.25 Å². The summed E-state index contributed by atoms with van der Waals surface area (Å²) in [6, 6.07) is 0.737. The van der Waals surface area contributed by atoms with E-state index in [1.54, 1.807) is 0 Å². The largest absolute Gasteiger partial charge is 0.326 e. The number of hydrogen-bond acceptors (Lipinski definition) is 4. The standard InChI is InChI=1S/C11H22N2O2S/c1-16(14,15)11-4-2-3-10(7-11)13-6-5-9(12)8-13/h9-11H,2-8,12H2,1H3. The Morgan fingerprint density at radius 3 is 2.56 bits per heavy atom. The van der Waals surface area contributed by atoms with Crippen LogP contribution < -0.4 is 5.73 Å². The summed E-state index contributed by atoms with van der Waals surface area (Å²) in [6.45, 7) is 1.99. The molecule has 1 aliphatic carbocycles. The summed E-state index contributed by atoms with van der Waals surface area (Å²) in [7, 11) is -2.86. The molecule has 0 aromatic carbocycles. The van der Waals surface area contributed by atoms with Crippen LogP contribution in [0, 0.1) is 0 Å². The van der Waals surface area contributed by atoms with Gasteiger partial charge < -0.3 is 5.73 Å². The Bertz CT molecular complexity index is 342. The highest BCUT2D eigenvalue weighted by Gasteiger charge is 2.34. The van der Waals surface area contributed by atoms with Crippen molar-refractivity contribution in [2.75, 3.05) is 19.3 Å². The monoisotopic (exact) mass is 246 g/mol. The van der Waals surface area contributed by atoms with Crippen molar-refractivity contribution in [1.82, 2.24) is 4.90 Å². The number of hydrogen-bond donors (Lipinski definition) is 1. The van der Waals surface area contributed by atoms with Crippen LogP contribution in [0.5, 0.6) is 0 Å². The van der Waals surface area contributed by atoms with E-state index in [1.165, 1.54) is 6.26 Å². The van der Waals surface area contributed by atoms with Gasteiger partial charge in [0.05, 0.1) is 5.25 Å². The molecule has 0 aromatic heterocycles. The zero-order valence-electron chi connectivity index (χ0n) is 9.93. The van der Waals surface area contributed by atoms with Crippen molar-refractivity contribution in [2.45, 2.75) is 49.4 Å². The van der Waals surface area contributed by atoms with Crippen LogP contribution in [0.25, 0.3) is 0 Å². The Hall–Kier alpha value is -0.130. The molecule has 2 fully saturated rings. The van der Waals surface area contributed by atoms with Crippen LogP contribution in [0.1, 0.15) is 32.1 Å². The molecular formula is C11H22N2O2S. The summed E-state index contributed by atoms with van der Waals surface area (Å²) in [5.41, 5.74) is 5.89. The second-order valence-electron chi connectivity index (χ2n) is 5.32. The first-order valence-corrected chi connectivity index (χ1v) is 8.11. The van der Waals surface area contributed by atoms with Gasteiger partial charge in [-0.3, -0.25) is 4.90 Å². The van der Waals surface area contributed by atoms with Gasteiger partial charge in [-0.15, -0.1) is 0 Å². The summed E-state index contributed by atoms with van der Waals surface area (Å²) < 4.78 is 23.1. The summed E-state index contributed by atoms with van der Waals surface area (Å²) in [5, 5.41) is -0.122. The normalized spacial score (nSPS) is 37.8. The van der Waals surface area contributed by atoms with Crippen molar-refractivity contribution in [3.63, 3.8) is 0 Å². The van der Waals surface area contributed by atoms with Crippen LogP contribution in [-0.2, 0) is 9.84 Å². The van der Waals surface area contributed by atoms with Crippen LogP contribution in [0.3, 0.4) is 0 Å².